The van der Waals surface area contributed by atoms with Crippen LogP contribution in [0.5, 0.6) is 0 Å². The molecule has 0 N–H and O–H groups in total. The van der Waals surface area contributed by atoms with Crippen molar-refractivity contribution in [2.45, 2.75) is 34.5 Å². The van der Waals surface area contributed by atoms with E-state index in [0.717, 1.165) is 33.8 Å². The molecule has 6 aromatic rings. The number of sulfone groups is 1. The third-order valence-electron chi connectivity index (χ3n) is 9.78. The molecule has 0 aliphatic carbocycles. The van der Waals surface area contributed by atoms with Gasteiger partial charge in [0.2, 0.25) is 9.84 Å². The monoisotopic (exact) mass is 614 g/mol. The zero-order valence-corrected chi connectivity index (χ0v) is 26.3. The van der Waals surface area contributed by atoms with Gasteiger partial charge in [-0.1, -0.05) is 111 Å². The fourth-order valence-electron chi connectivity index (χ4n) is 7.66. The number of hydrogen-bond acceptors (Lipinski definition) is 4. The van der Waals surface area contributed by atoms with E-state index in [1.165, 1.54) is 5.56 Å². The summed E-state index contributed by atoms with van der Waals surface area (Å²) in [6.07, 6.45) is 0. The number of anilines is 3. The fourth-order valence-corrected chi connectivity index (χ4v) is 9.43. The zero-order chi connectivity index (χ0) is 31.7. The summed E-state index contributed by atoms with van der Waals surface area (Å²) in [6.45, 7) is 4.52. The molecule has 46 heavy (non-hydrogen) atoms. The van der Waals surface area contributed by atoms with E-state index in [-0.39, 0.29) is 5.41 Å². The molecular formula is C41H30N2O2S. The summed E-state index contributed by atoms with van der Waals surface area (Å²) < 4.78 is 28.3. The van der Waals surface area contributed by atoms with Gasteiger partial charge in [-0.25, -0.2) is 8.42 Å². The second-order valence-corrected chi connectivity index (χ2v) is 14.4. The minimum absolute atomic E-state index is 0.297. The molecule has 2 heterocycles. The number of hydrogen-bond donors (Lipinski definition) is 0. The van der Waals surface area contributed by atoms with Gasteiger partial charge in [0.25, 0.3) is 0 Å². The van der Waals surface area contributed by atoms with Crippen LogP contribution in [0.2, 0.25) is 0 Å². The predicted octanol–water partition coefficient (Wildman–Crippen LogP) is 9.20. The van der Waals surface area contributed by atoms with Crippen molar-refractivity contribution in [1.29, 1.82) is 5.26 Å². The number of nitriles is 1. The molecule has 0 saturated carbocycles. The minimum atomic E-state index is -3.79. The summed E-state index contributed by atoms with van der Waals surface area (Å²) in [5.41, 5.74) is 8.13. The van der Waals surface area contributed by atoms with Gasteiger partial charge in [0.15, 0.2) is 0 Å². The van der Waals surface area contributed by atoms with Crippen molar-refractivity contribution in [2.75, 3.05) is 4.90 Å². The number of fused-ring (bicyclic) bond motifs is 4. The van der Waals surface area contributed by atoms with Gasteiger partial charge in [0.1, 0.15) is 0 Å². The van der Waals surface area contributed by atoms with Crippen LogP contribution in [0, 0.1) is 11.3 Å². The van der Waals surface area contributed by atoms with E-state index in [2.05, 4.69) is 91.5 Å². The Balaban J connectivity index is 1.50. The molecule has 8 rings (SSSR count). The van der Waals surface area contributed by atoms with Gasteiger partial charge in [-0.2, -0.15) is 5.26 Å². The number of para-hydroxylation sites is 2. The molecule has 0 saturated heterocycles. The summed E-state index contributed by atoms with van der Waals surface area (Å²) in [5.74, 6) is 0. The molecule has 0 amide bonds. The summed E-state index contributed by atoms with van der Waals surface area (Å²) in [5, 5.41) is 9.66. The molecule has 0 radical (unpaired) electrons. The summed E-state index contributed by atoms with van der Waals surface area (Å²) in [6, 6.07) is 50.1. The van der Waals surface area contributed by atoms with Crippen LogP contribution in [-0.4, -0.2) is 8.42 Å². The van der Waals surface area contributed by atoms with Crippen LogP contribution in [0.1, 0.15) is 52.8 Å². The molecule has 0 bridgehead atoms. The summed E-state index contributed by atoms with van der Waals surface area (Å²) in [7, 11) is -3.79. The Labute approximate surface area is 269 Å². The maximum atomic E-state index is 14.2. The Morgan fingerprint density at radius 1 is 0.565 bits per heavy atom. The molecule has 2 aliphatic heterocycles. The maximum Gasteiger partial charge on any atom is 0.207 e. The minimum Gasteiger partial charge on any atom is -0.310 e. The van der Waals surface area contributed by atoms with Gasteiger partial charge < -0.3 is 4.90 Å². The maximum absolute atomic E-state index is 14.2. The molecule has 0 atom stereocenters. The van der Waals surface area contributed by atoms with Gasteiger partial charge in [-0.3, -0.25) is 0 Å². The van der Waals surface area contributed by atoms with Gasteiger partial charge >= 0.3 is 0 Å². The summed E-state index contributed by atoms with van der Waals surface area (Å²) >= 11 is 0. The summed E-state index contributed by atoms with van der Waals surface area (Å²) in [4.78, 5) is 2.92. The van der Waals surface area contributed by atoms with Crippen molar-refractivity contribution in [3.05, 3.63) is 185 Å². The average molecular weight is 615 g/mol. The average Bonchev–Trinajstić information content (AvgIpc) is 3.10. The normalized spacial score (nSPS) is 16.2. The molecule has 2 aliphatic rings. The highest BCUT2D eigenvalue weighted by Crippen LogP contribution is 2.57. The largest absolute Gasteiger partial charge is 0.310 e. The molecule has 0 spiro atoms. The Kier molecular flexibility index (Phi) is 6.12. The van der Waals surface area contributed by atoms with Crippen molar-refractivity contribution in [2.24, 2.45) is 0 Å². The standard InChI is InChI=1S/C41H30N2O2S/c1-40(2)32-14-6-9-17-36(32)43(31-12-4-3-5-13-31)37-25-24-30(26-35(37)40)41(29-22-20-28(27-42)21-23-29)33-15-7-10-18-38(33)46(44,45)39-19-11-8-16-34(39)41/h3-26H,1-2H3. The van der Waals surface area contributed by atoms with E-state index in [1.807, 2.05) is 54.6 Å². The van der Waals surface area contributed by atoms with Gasteiger partial charge in [-0.05, 0) is 81.9 Å². The van der Waals surface area contributed by atoms with Crippen molar-refractivity contribution in [3.63, 3.8) is 0 Å². The highest BCUT2D eigenvalue weighted by molar-refractivity contribution is 7.91. The smallest absolute Gasteiger partial charge is 0.207 e. The lowest BCUT2D eigenvalue weighted by atomic mass is 9.63. The van der Waals surface area contributed by atoms with Crippen molar-refractivity contribution < 1.29 is 8.42 Å². The van der Waals surface area contributed by atoms with Crippen LogP contribution < -0.4 is 4.90 Å². The lowest BCUT2D eigenvalue weighted by Gasteiger charge is -2.45. The van der Waals surface area contributed by atoms with Crippen LogP contribution in [0.4, 0.5) is 17.1 Å². The lowest BCUT2D eigenvalue weighted by Crippen LogP contribution is -2.38. The van der Waals surface area contributed by atoms with E-state index in [1.54, 1.807) is 24.3 Å². The number of nitrogens with zero attached hydrogens (tertiary/aromatic N) is 2. The fraction of sp³-hybridized carbons (Fsp3) is 0.0976. The highest BCUT2D eigenvalue weighted by atomic mass is 32.2. The van der Waals surface area contributed by atoms with Gasteiger partial charge in [0, 0.05) is 11.1 Å². The van der Waals surface area contributed by atoms with Crippen LogP contribution >= 0.6 is 0 Å². The highest BCUT2D eigenvalue weighted by Gasteiger charge is 2.49. The second-order valence-electron chi connectivity index (χ2n) is 12.5. The van der Waals surface area contributed by atoms with E-state index in [9.17, 15) is 13.7 Å². The Morgan fingerprint density at radius 2 is 1.09 bits per heavy atom. The van der Waals surface area contributed by atoms with Crippen LogP contribution in [0.25, 0.3) is 0 Å². The third-order valence-corrected chi connectivity index (χ3v) is 11.7. The van der Waals surface area contributed by atoms with E-state index >= 15 is 0 Å². The predicted molar refractivity (Wildman–Crippen MR) is 182 cm³/mol. The van der Waals surface area contributed by atoms with Crippen molar-refractivity contribution in [1.82, 2.24) is 0 Å². The SMILES string of the molecule is CC1(C)c2ccccc2N(c2ccccc2)c2ccc(C3(c4ccc(C#N)cc4)c4ccccc4S(=O)(=O)c4ccccc43)cc21. The topological polar surface area (TPSA) is 61.2 Å². The molecule has 5 heteroatoms. The van der Waals surface area contributed by atoms with Crippen LogP contribution in [-0.2, 0) is 20.7 Å². The van der Waals surface area contributed by atoms with E-state index in [4.69, 9.17) is 0 Å². The Hall–Kier alpha value is -5.44. The van der Waals surface area contributed by atoms with Crippen LogP contribution in [0.3, 0.4) is 0 Å². The second kappa shape index (κ2) is 10.0. The Morgan fingerprint density at radius 3 is 1.72 bits per heavy atom. The number of benzene rings is 6. The first-order chi connectivity index (χ1) is 22.3. The molecule has 222 valence electrons. The molecular weight excluding hydrogens is 585 g/mol. The molecule has 0 aromatic heterocycles. The first-order valence-corrected chi connectivity index (χ1v) is 16.8. The molecule has 4 nitrogen and oxygen atoms in total. The van der Waals surface area contributed by atoms with E-state index in [0.29, 0.717) is 26.5 Å². The van der Waals surface area contributed by atoms with Crippen molar-refractivity contribution >= 4 is 26.9 Å². The first kappa shape index (κ1) is 28.1. The lowest BCUT2D eigenvalue weighted by molar-refractivity contribution is 0.577. The molecule has 0 unspecified atom stereocenters. The van der Waals surface area contributed by atoms with Crippen molar-refractivity contribution in [3.8, 4) is 6.07 Å². The van der Waals surface area contributed by atoms with Gasteiger partial charge in [-0.15, -0.1) is 0 Å². The zero-order valence-electron chi connectivity index (χ0n) is 25.5. The quantitative estimate of drug-likeness (QED) is 0.199. The first-order valence-electron chi connectivity index (χ1n) is 15.3. The van der Waals surface area contributed by atoms with Gasteiger partial charge in [0.05, 0.1) is 38.2 Å². The van der Waals surface area contributed by atoms with E-state index < -0.39 is 15.3 Å². The molecule has 6 aromatic carbocycles. The number of rotatable bonds is 3. The third kappa shape index (κ3) is 3.74. The Bertz CT molecular complexity index is 2260. The van der Waals surface area contributed by atoms with Crippen LogP contribution in [0.15, 0.2) is 155 Å². The molecule has 0 fully saturated rings.